The minimum absolute atomic E-state index is 0.814. The maximum Gasteiger partial charge on any atom is 0.00953 e. The summed E-state index contributed by atoms with van der Waals surface area (Å²) in [5.41, 5.74) is 0. The molecule has 0 heterocycles. The Morgan fingerprint density at radius 1 is 0.810 bits per heavy atom. The third-order valence-corrected chi connectivity index (χ3v) is 5.56. The Bertz CT molecular complexity index is 218. The van der Waals surface area contributed by atoms with Crippen LogP contribution < -0.4 is 5.32 Å². The lowest BCUT2D eigenvalue weighted by atomic mass is 9.76. The molecule has 126 valence electrons. The zero-order valence-electron chi connectivity index (χ0n) is 15.1. The average Bonchev–Trinajstić information content (AvgIpc) is 2.53. The van der Waals surface area contributed by atoms with Crippen molar-refractivity contribution in [2.75, 3.05) is 6.54 Å². The Morgan fingerprint density at radius 2 is 1.48 bits per heavy atom. The van der Waals surface area contributed by atoms with Crippen LogP contribution in [0.3, 0.4) is 0 Å². The van der Waals surface area contributed by atoms with Gasteiger partial charge in [0, 0.05) is 6.04 Å². The summed E-state index contributed by atoms with van der Waals surface area (Å²) in [6.45, 7) is 8.18. The van der Waals surface area contributed by atoms with Gasteiger partial charge in [-0.3, -0.25) is 0 Å². The molecule has 1 rings (SSSR count). The lowest BCUT2D eigenvalue weighted by molar-refractivity contribution is 0.208. The van der Waals surface area contributed by atoms with Crippen LogP contribution in [0.15, 0.2) is 0 Å². The van der Waals surface area contributed by atoms with Gasteiger partial charge < -0.3 is 5.32 Å². The molecule has 0 radical (unpaired) electrons. The predicted octanol–water partition coefficient (Wildman–Crippen LogP) is 6.32. The minimum Gasteiger partial charge on any atom is -0.314 e. The monoisotopic (exact) mass is 295 g/mol. The van der Waals surface area contributed by atoms with Crippen LogP contribution in [0.5, 0.6) is 0 Å². The maximum atomic E-state index is 3.87. The third-order valence-electron chi connectivity index (χ3n) is 5.56. The molecule has 0 saturated heterocycles. The molecule has 0 aromatic carbocycles. The van der Waals surface area contributed by atoms with Gasteiger partial charge in [-0.05, 0) is 44.1 Å². The summed E-state index contributed by atoms with van der Waals surface area (Å²) < 4.78 is 0. The van der Waals surface area contributed by atoms with Crippen molar-refractivity contribution in [2.24, 2.45) is 11.8 Å². The van der Waals surface area contributed by atoms with E-state index in [-0.39, 0.29) is 0 Å². The standard InChI is InChI=1S/C20H41N/c1-4-7-8-9-10-11-12-20(21-17-5-2)19-15-13-18(6-3)14-16-19/h18-21H,4-17H2,1-3H3. The predicted molar refractivity (Wildman–Crippen MR) is 95.8 cm³/mol. The molecule has 0 aromatic rings. The lowest BCUT2D eigenvalue weighted by Gasteiger charge is -2.34. The van der Waals surface area contributed by atoms with Gasteiger partial charge in [0.25, 0.3) is 0 Å². The Balaban J connectivity index is 2.23. The second-order valence-corrected chi connectivity index (χ2v) is 7.31. The first-order chi connectivity index (χ1) is 10.3. The molecule has 1 nitrogen and oxygen atoms in total. The fraction of sp³-hybridized carbons (Fsp3) is 1.00. The van der Waals surface area contributed by atoms with Crippen molar-refractivity contribution < 1.29 is 0 Å². The van der Waals surface area contributed by atoms with Crippen LogP contribution in [-0.2, 0) is 0 Å². The first-order valence-corrected chi connectivity index (χ1v) is 10.0. The van der Waals surface area contributed by atoms with E-state index in [2.05, 4.69) is 26.1 Å². The summed E-state index contributed by atoms with van der Waals surface area (Å²) in [4.78, 5) is 0. The quantitative estimate of drug-likeness (QED) is 0.415. The van der Waals surface area contributed by atoms with Gasteiger partial charge in [0.2, 0.25) is 0 Å². The van der Waals surface area contributed by atoms with Crippen LogP contribution in [0.25, 0.3) is 0 Å². The molecule has 1 N–H and O–H groups in total. The summed E-state index contributed by atoms with van der Waals surface area (Å²) in [5, 5.41) is 3.87. The van der Waals surface area contributed by atoms with E-state index in [4.69, 9.17) is 0 Å². The van der Waals surface area contributed by atoms with Crippen molar-refractivity contribution in [3.8, 4) is 0 Å². The highest BCUT2D eigenvalue weighted by molar-refractivity contribution is 4.81. The van der Waals surface area contributed by atoms with Crippen LogP contribution in [-0.4, -0.2) is 12.6 Å². The molecule has 0 spiro atoms. The molecule has 0 bridgehead atoms. The second kappa shape index (κ2) is 12.5. The molecule has 1 atom stereocenters. The van der Waals surface area contributed by atoms with E-state index in [1.165, 1.54) is 90.0 Å². The molecule has 1 aliphatic rings. The molecule has 1 saturated carbocycles. The topological polar surface area (TPSA) is 12.0 Å². The molecule has 1 heteroatoms. The van der Waals surface area contributed by atoms with Gasteiger partial charge in [0.1, 0.15) is 0 Å². The average molecular weight is 296 g/mol. The molecule has 0 amide bonds. The van der Waals surface area contributed by atoms with E-state index in [0.717, 1.165) is 17.9 Å². The first-order valence-electron chi connectivity index (χ1n) is 10.0. The third kappa shape index (κ3) is 8.24. The highest BCUT2D eigenvalue weighted by Gasteiger charge is 2.26. The Labute approximate surface area is 134 Å². The Kier molecular flexibility index (Phi) is 11.3. The van der Waals surface area contributed by atoms with Gasteiger partial charge in [-0.2, -0.15) is 0 Å². The molecule has 0 aromatic heterocycles. The normalized spacial score (nSPS) is 24.1. The Morgan fingerprint density at radius 3 is 2.10 bits per heavy atom. The number of hydrogen-bond donors (Lipinski definition) is 1. The van der Waals surface area contributed by atoms with Crippen molar-refractivity contribution >= 4 is 0 Å². The fourth-order valence-corrected chi connectivity index (χ4v) is 3.98. The smallest absolute Gasteiger partial charge is 0.00953 e. The summed E-state index contributed by atoms with van der Waals surface area (Å²) in [7, 11) is 0. The molecule has 0 aliphatic heterocycles. The highest BCUT2D eigenvalue weighted by atomic mass is 14.9. The van der Waals surface area contributed by atoms with E-state index in [1.54, 1.807) is 0 Å². The maximum absolute atomic E-state index is 3.87. The van der Waals surface area contributed by atoms with E-state index >= 15 is 0 Å². The molecule has 1 fully saturated rings. The highest BCUT2D eigenvalue weighted by Crippen LogP contribution is 2.33. The number of rotatable bonds is 12. The molecule has 21 heavy (non-hydrogen) atoms. The van der Waals surface area contributed by atoms with Gasteiger partial charge in [-0.25, -0.2) is 0 Å². The fourth-order valence-electron chi connectivity index (χ4n) is 3.98. The zero-order chi connectivity index (χ0) is 15.3. The second-order valence-electron chi connectivity index (χ2n) is 7.31. The van der Waals surface area contributed by atoms with Crippen LogP contribution in [0.4, 0.5) is 0 Å². The zero-order valence-corrected chi connectivity index (χ0v) is 15.1. The Hall–Kier alpha value is -0.0400. The van der Waals surface area contributed by atoms with Gasteiger partial charge in [-0.1, -0.05) is 78.6 Å². The van der Waals surface area contributed by atoms with Gasteiger partial charge in [0.05, 0.1) is 0 Å². The number of hydrogen-bond acceptors (Lipinski definition) is 1. The largest absolute Gasteiger partial charge is 0.314 e. The van der Waals surface area contributed by atoms with Crippen LogP contribution in [0.2, 0.25) is 0 Å². The molecular weight excluding hydrogens is 254 g/mol. The van der Waals surface area contributed by atoms with Crippen molar-refractivity contribution in [2.45, 2.75) is 110 Å². The first kappa shape index (κ1) is 19.0. The van der Waals surface area contributed by atoms with Crippen LogP contribution in [0.1, 0.15) is 104 Å². The van der Waals surface area contributed by atoms with Crippen molar-refractivity contribution in [1.29, 1.82) is 0 Å². The summed E-state index contributed by atoms with van der Waals surface area (Å²) in [6.07, 6.45) is 18.6. The van der Waals surface area contributed by atoms with Crippen molar-refractivity contribution in [3.05, 3.63) is 0 Å². The van der Waals surface area contributed by atoms with Gasteiger partial charge in [0.15, 0.2) is 0 Å². The van der Waals surface area contributed by atoms with Gasteiger partial charge >= 0.3 is 0 Å². The van der Waals surface area contributed by atoms with E-state index in [0.29, 0.717) is 0 Å². The van der Waals surface area contributed by atoms with Crippen LogP contribution >= 0.6 is 0 Å². The van der Waals surface area contributed by atoms with Crippen molar-refractivity contribution in [1.82, 2.24) is 5.32 Å². The lowest BCUT2D eigenvalue weighted by Crippen LogP contribution is -2.38. The number of nitrogens with one attached hydrogen (secondary N) is 1. The van der Waals surface area contributed by atoms with Crippen molar-refractivity contribution in [3.63, 3.8) is 0 Å². The minimum atomic E-state index is 0.814. The summed E-state index contributed by atoms with van der Waals surface area (Å²) in [6, 6.07) is 0.814. The van der Waals surface area contributed by atoms with Gasteiger partial charge in [-0.15, -0.1) is 0 Å². The summed E-state index contributed by atoms with van der Waals surface area (Å²) >= 11 is 0. The van der Waals surface area contributed by atoms with Crippen LogP contribution in [0, 0.1) is 11.8 Å². The molecule has 1 unspecified atom stereocenters. The van der Waals surface area contributed by atoms with E-state index < -0.39 is 0 Å². The van der Waals surface area contributed by atoms with E-state index in [9.17, 15) is 0 Å². The number of unbranched alkanes of at least 4 members (excludes halogenated alkanes) is 5. The molecular formula is C20H41N. The summed E-state index contributed by atoms with van der Waals surface area (Å²) in [5.74, 6) is 2.00. The molecule has 1 aliphatic carbocycles. The van der Waals surface area contributed by atoms with E-state index in [1.807, 2.05) is 0 Å². The SMILES string of the molecule is CCCCCCCCC(NCCC)C1CCC(CC)CC1.